The van der Waals surface area contributed by atoms with E-state index in [-0.39, 0.29) is 58.1 Å². The third-order valence-electron chi connectivity index (χ3n) is 10.3. The van der Waals surface area contributed by atoms with Crippen molar-refractivity contribution in [3.63, 3.8) is 0 Å². The summed E-state index contributed by atoms with van der Waals surface area (Å²) in [6, 6.07) is 5.76. The summed E-state index contributed by atoms with van der Waals surface area (Å²) in [4.78, 5) is 78.4. The summed E-state index contributed by atoms with van der Waals surface area (Å²) < 4.78 is 59.9. The highest BCUT2D eigenvalue weighted by Crippen LogP contribution is 2.25. The minimum absolute atomic E-state index is 0.00279. The van der Waals surface area contributed by atoms with Crippen LogP contribution in [0.15, 0.2) is 48.8 Å². The molecule has 6 aromatic rings. The van der Waals surface area contributed by atoms with Gasteiger partial charge in [-0.05, 0) is 69.5 Å². The molecule has 4 aromatic heterocycles. The average molecular weight is 873 g/mol. The van der Waals surface area contributed by atoms with Gasteiger partial charge in [0.15, 0.2) is 23.3 Å². The van der Waals surface area contributed by atoms with Crippen molar-refractivity contribution in [2.75, 3.05) is 10.6 Å². The minimum atomic E-state index is -1.15. The molecule has 0 atom stereocenters. The number of amides is 4. The number of hydrogen-bond acceptors (Lipinski definition) is 10. The largest absolute Gasteiger partial charge is 0.343 e. The molecule has 22 heteroatoms. The number of Topliss-reactive ketones (excluding diaryl/α,β-unsaturated/α-hetero) is 2. The van der Waals surface area contributed by atoms with Gasteiger partial charge in [0.2, 0.25) is 0 Å². The first kappa shape index (κ1) is 44.8. The third kappa shape index (κ3) is 9.58. The first-order chi connectivity index (χ1) is 29.9. The molecule has 0 bridgehead atoms. The number of carbonyl (C=O) groups is 6. The standard InChI is InChI=1S/C41H40F4N12O6/c1-20-32(22(3)54(5)34(20)38(60)48-24-8-10-28(42)30(44)14-24)36(58)40(62)46-16-26-18-56(52-50-26)12-7-13-57-19-27(51-53-57)17-47-41(63)37(59)33-21(2)35(55(6)23(33)4)39(61)49-25-9-11-29(43)31(45)15-25/h8-11,14-15,18-19H,7,12-13,16-17H2,1-6H3,(H,46,62)(H,47,63)(H,48,60)(H,49,61). The zero-order chi connectivity index (χ0) is 45.9. The van der Waals surface area contributed by atoms with Gasteiger partial charge in [-0.1, -0.05) is 10.4 Å². The molecule has 4 heterocycles. The van der Waals surface area contributed by atoms with Crippen LogP contribution in [0.25, 0.3) is 0 Å². The third-order valence-corrected chi connectivity index (χ3v) is 10.3. The van der Waals surface area contributed by atoms with Crippen LogP contribution in [-0.2, 0) is 49.9 Å². The van der Waals surface area contributed by atoms with Crippen molar-refractivity contribution < 1.29 is 46.3 Å². The molecule has 0 fully saturated rings. The van der Waals surface area contributed by atoms with Gasteiger partial charge in [-0.25, -0.2) is 17.6 Å². The molecule has 0 aliphatic rings. The molecule has 0 saturated carbocycles. The Morgan fingerprint density at radius 1 is 0.571 bits per heavy atom. The fourth-order valence-corrected chi connectivity index (χ4v) is 6.98. The molecule has 0 aliphatic carbocycles. The van der Waals surface area contributed by atoms with Crippen molar-refractivity contribution in [3.8, 4) is 0 Å². The zero-order valence-electron chi connectivity index (χ0n) is 34.7. The van der Waals surface area contributed by atoms with E-state index in [1.807, 2.05) is 0 Å². The predicted octanol–water partition coefficient (Wildman–Crippen LogP) is 3.93. The molecule has 18 nitrogen and oxygen atoms in total. The Labute approximate surface area is 355 Å². The Balaban J connectivity index is 0.960. The van der Waals surface area contributed by atoms with Crippen LogP contribution < -0.4 is 21.3 Å². The lowest BCUT2D eigenvalue weighted by Gasteiger charge is -2.08. The number of ketones is 2. The molecular weight excluding hydrogens is 833 g/mol. The second-order valence-corrected chi connectivity index (χ2v) is 14.5. The van der Waals surface area contributed by atoms with Crippen LogP contribution in [0, 0.1) is 51.0 Å². The molecule has 2 aromatic carbocycles. The maximum atomic E-state index is 13.7. The molecule has 63 heavy (non-hydrogen) atoms. The summed E-state index contributed by atoms with van der Waals surface area (Å²) in [7, 11) is 3.06. The van der Waals surface area contributed by atoms with Crippen molar-refractivity contribution in [3.05, 3.63) is 128 Å². The molecule has 0 saturated heterocycles. The van der Waals surface area contributed by atoms with E-state index in [9.17, 15) is 46.3 Å². The van der Waals surface area contributed by atoms with Gasteiger partial charge >= 0.3 is 0 Å². The Kier molecular flexibility index (Phi) is 13.1. The summed E-state index contributed by atoms with van der Waals surface area (Å²) >= 11 is 0. The van der Waals surface area contributed by atoms with E-state index in [1.54, 1.807) is 26.2 Å². The van der Waals surface area contributed by atoms with E-state index in [0.29, 0.717) is 42.3 Å². The Morgan fingerprint density at radius 3 is 1.32 bits per heavy atom. The van der Waals surface area contributed by atoms with Gasteiger partial charge < -0.3 is 30.4 Å². The maximum Gasteiger partial charge on any atom is 0.292 e. The van der Waals surface area contributed by atoms with Crippen molar-refractivity contribution in [2.45, 2.75) is 60.3 Å². The van der Waals surface area contributed by atoms with E-state index in [1.165, 1.54) is 58.6 Å². The van der Waals surface area contributed by atoms with Crippen molar-refractivity contribution in [1.82, 2.24) is 49.8 Å². The number of hydrogen-bond donors (Lipinski definition) is 4. The van der Waals surface area contributed by atoms with E-state index in [2.05, 4.69) is 41.9 Å². The molecule has 6 rings (SSSR count). The predicted molar refractivity (Wildman–Crippen MR) is 215 cm³/mol. The Morgan fingerprint density at radius 2 is 0.952 bits per heavy atom. The van der Waals surface area contributed by atoms with Gasteiger partial charge in [0.25, 0.3) is 35.2 Å². The van der Waals surface area contributed by atoms with Crippen molar-refractivity contribution in [2.24, 2.45) is 14.1 Å². The number of rotatable bonds is 16. The Bertz CT molecular complexity index is 2630. The normalized spacial score (nSPS) is 11.1. The van der Waals surface area contributed by atoms with Crippen LogP contribution in [0.5, 0.6) is 0 Å². The van der Waals surface area contributed by atoms with E-state index in [0.717, 1.165) is 24.3 Å². The molecular formula is C41H40F4N12O6. The van der Waals surface area contributed by atoms with E-state index in [4.69, 9.17) is 0 Å². The zero-order valence-corrected chi connectivity index (χ0v) is 34.7. The summed E-state index contributed by atoms with van der Waals surface area (Å²) in [6.45, 7) is 6.65. The van der Waals surface area contributed by atoms with E-state index < -0.39 is 58.5 Å². The fourth-order valence-electron chi connectivity index (χ4n) is 6.98. The molecule has 0 radical (unpaired) electrons. The molecule has 328 valence electrons. The van der Waals surface area contributed by atoms with Gasteiger partial charge in [-0.3, -0.25) is 38.1 Å². The van der Waals surface area contributed by atoms with Crippen LogP contribution in [0.4, 0.5) is 28.9 Å². The lowest BCUT2D eigenvalue weighted by atomic mass is 10.0. The summed E-state index contributed by atoms with van der Waals surface area (Å²) in [5.41, 5.74) is 1.99. The van der Waals surface area contributed by atoms with E-state index >= 15 is 0 Å². The first-order valence-electron chi connectivity index (χ1n) is 19.1. The average Bonchev–Trinajstić information content (AvgIpc) is 4.00. The number of benzene rings is 2. The first-order valence-corrected chi connectivity index (χ1v) is 19.1. The van der Waals surface area contributed by atoms with Crippen LogP contribution in [0.2, 0.25) is 0 Å². The van der Waals surface area contributed by atoms with Gasteiger partial charge in [-0.2, -0.15) is 0 Å². The summed E-state index contributed by atoms with van der Waals surface area (Å²) in [5.74, 6) is -9.49. The fraction of sp³-hybridized carbons (Fsp3) is 0.268. The minimum Gasteiger partial charge on any atom is -0.343 e. The topological polar surface area (TPSA) is 222 Å². The van der Waals surface area contributed by atoms with Crippen LogP contribution in [0.1, 0.15) is 82.0 Å². The monoisotopic (exact) mass is 872 g/mol. The molecule has 0 spiro atoms. The number of aryl methyl sites for hydroxylation is 2. The van der Waals surface area contributed by atoms with Crippen molar-refractivity contribution >= 4 is 46.6 Å². The van der Waals surface area contributed by atoms with Crippen LogP contribution in [-0.4, -0.2) is 74.3 Å². The highest BCUT2D eigenvalue weighted by atomic mass is 19.2. The number of aromatic nitrogens is 8. The lowest BCUT2D eigenvalue weighted by Crippen LogP contribution is -2.31. The molecule has 4 amide bonds. The Hall–Kier alpha value is -7.78. The van der Waals surface area contributed by atoms with Gasteiger partial charge in [-0.15, -0.1) is 10.2 Å². The lowest BCUT2D eigenvalue weighted by molar-refractivity contribution is -0.117. The number of nitrogens with zero attached hydrogens (tertiary/aromatic N) is 8. The smallest absolute Gasteiger partial charge is 0.292 e. The summed E-state index contributed by atoms with van der Waals surface area (Å²) in [6.07, 6.45) is 3.68. The quantitative estimate of drug-likeness (QED) is 0.0624. The van der Waals surface area contributed by atoms with Gasteiger partial charge in [0.05, 0.1) is 36.6 Å². The highest BCUT2D eigenvalue weighted by molar-refractivity contribution is 6.44. The number of carbonyl (C=O) groups excluding carboxylic acids is 6. The number of anilines is 2. The maximum absolute atomic E-state index is 13.7. The highest BCUT2D eigenvalue weighted by Gasteiger charge is 2.30. The second-order valence-electron chi connectivity index (χ2n) is 14.5. The van der Waals surface area contributed by atoms with Crippen LogP contribution in [0.3, 0.4) is 0 Å². The second kappa shape index (κ2) is 18.5. The van der Waals surface area contributed by atoms with Gasteiger partial charge in [0, 0.05) is 62.1 Å². The molecule has 4 N–H and O–H groups in total. The summed E-state index contributed by atoms with van der Waals surface area (Å²) in [5, 5.41) is 26.1. The number of halogens is 4. The molecule has 0 aliphatic heterocycles. The SMILES string of the molecule is Cc1c(C(=O)C(=O)NCc2cn(CCCn3cc(CNC(=O)C(=O)c4c(C)c(C(=O)Nc5ccc(F)c(F)c5)n(C)c4C)nn3)nn2)c(C)n(C)c1C(=O)Nc1ccc(F)c(F)c1. The van der Waals surface area contributed by atoms with Crippen LogP contribution >= 0.6 is 0 Å². The number of nitrogens with one attached hydrogen (secondary N) is 4. The van der Waals surface area contributed by atoms with Crippen molar-refractivity contribution in [1.29, 1.82) is 0 Å². The van der Waals surface area contributed by atoms with Gasteiger partial charge in [0.1, 0.15) is 22.8 Å². The molecule has 0 unspecified atom stereocenters.